The van der Waals surface area contributed by atoms with Gasteiger partial charge < -0.3 is 14.7 Å². The molecule has 7 heteroatoms. The zero-order valence-electron chi connectivity index (χ0n) is 15.0. The second-order valence-corrected chi connectivity index (χ2v) is 7.96. The van der Waals surface area contributed by atoms with Gasteiger partial charge in [-0.3, -0.25) is 0 Å². The zero-order chi connectivity index (χ0) is 18.3. The Morgan fingerprint density at radius 2 is 2.15 bits per heavy atom. The molecule has 4 rings (SSSR count). The van der Waals surface area contributed by atoms with Crippen molar-refractivity contribution < 1.29 is 9.32 Å². The number of carbonyl (C=O) groups is 1. The van der Waals surface area contributed by atoms with Gasteiger partial charge in [-0.15, -0.1) is 0 Å². The van der Waals surface area contributed by atoms with Gasteiger partial charge in [-0.2, -0.15) is 4.98 Å². The van der Waals surface area contributed by atoms with E-state index >= 15 is 0 Å². The van der Waals surface area contributed by atoms with Gasteiger partial charge in [0.05, 0.1) is 0 Å². The van der Waals surface area contributed by atoms with Crippen molar-refractivity contribution in [1.29, 1.82) is 0 Å². The first kappa shape index (κ1) is 17.3. The van der Waals surface area contributed by atoms with Crippen LogP contribution in [0.2, 0.25) is 5.02 Å². The van der Waals surface area contributed by atoms with Crippen LogP contribution in [0.4, 0.5) is 4.79 Å². The minimum Gasteiger partial charge on any atom is -0.337 e. The lowest BCUT2D eigenvalue weighted by Crippen LogP contribution is -2.45. The summed E-state index contributed by atoms with van der Waals surface area (Å²) >= 11 is 6.06. The lowest BCUT2D eigenvalue weighted by Gasteiger charge is -2.31. The number of hydrogen-bond donors (Lipinski definition) is 1. The molecule has 0 bridgehead atoms. The second-order valence-electron chi connectivity index (χ2n) is 7.52. The third-order valence-corrected chi connectivity index (χ3v) is 5.31. The largest absolute Gasteiger partial charge is 0.337 e. The molecular weight excluding hydrogens is 352 g/mol. The summed E-state index contributed by atoms with van der Waals surface area (Å²) in [5, 5.41) is 7.90. The molecule has 1 fully saturated rings. The molecule has 1 unspecified atom stereocenters. The highest BCUT2D eigenvalue weighted by Gasteiger charge is 2.32. The Morgan fingerprint density at radius 1 is 1.35 bits per heavy atom. The van der Waals surface area contributed by atoms with Crippen LogP contribution in [0.1, 0.15) is 61.5 Å². The Kier molecular flexibility index (Phi) is 4.61. The number of urea groups is 1. The minimum absolute atomic E-state index is 0.101. The van der Waals surface area contributed by atoms with Crippen LogP contribution in [0.3, 0.4) is 0 Å². The van der Waals surface area contributed by atoms with Crippen LogP contribution in [0.15, 0.2) is 22.7 Å². The molecule has 1 N–H and O–H groups in total. The van der Waals surface area contributed by atoms with Crippen molar-refractivity contribution in [3.63, 3.8) is 0 Å². The first-order valence-corrected chi connectivity index (χ1v) is 9.55. The van der Waals surface area contributed by atoms with Gasteiger partial charge in [0, 0.05) is 24.0 Å². The molecule has 2 aromatic rings. The van der Waals surface area contributed by atoms with Gasteiger partial charge in [-0.05, 0) is 48.4 Å². The molecule has 1 aromatic carbocycles. The van der Waals surface area contributed by atoms with Crippen LogP contribution in [-0.4, -0.2) is 27.6 Å². The smallest absolute Gasteiger partial charge is 0.318 e. The lowest BCUT2D eigenvalue weighted by molar-refractivity contribution is 0.179. The maximum absolute atomic E-state index is 12.8. The molecule has 1 aromatic heterocycles. The maximum atomic E-state index is 12.8. The molecule has 1 atom stereocenters. The maximum Gasteiger partial charge on any atom is 0.318 e. The van der Waals surface area contributed by atoms with Crippen LogP contribution in [-0.2, 0) is 13.0 Å². The van der Waals surface area contributed by atoms with Crippen LogP contribution in [0, 0.1) is 5.92 Å². The highest BCUT2D eigenvalue weighted by molar-refractivity contribution is 6.30. The Balaban J connectivity index is 1.45. The van der Waals surface area contributed by atoms with Crippen molar-refractivity contribution in [1.82, 2.24) is 20.4 Å². The highest BCUT2D eigenvalue weighted by atomic mass is 35.5. The van der Waals surface area contributed by atoms with E-state index in [0.717, 1.165) is 35.7 Å². The number of nitrogens with zero attached hydrogens (tertiary/aromatic N) is 3. The molecule has 0 saturated heterocycles. The molecule has 1 aliphatic heterocycles. The monoisotopic (exact) mass is 374 g/mol. The van der Waals surface area contributed by atoms with E-state index in [1.807, 2.05) is 36.9 Å². The van der Waals surface area contributed by atoms with Gasteiger partial charge in [0.15, 0.2) is 5.82 Å². The van der Waals surface area contributed by atoms with Crippen LogP contribution >= 0.6 is 11.6 Å². The van der Waals surface area contributed by atoms with E-state index in [4.69, 9.17) is 16.1 Å². The van der Waals surface area contributed by atoms with Crippen LogP contribution in [0.25, 0.3) is 0 Å². The topological polar surface area (TPSA) is 71.3 Å². The number of hydrogen-bond acceptors (Lipinski definition) is 4. The summed E-state index contributed by atoms with van der Waals surface area (Å²) in [5.74, 6) is 1.85. The summed E-state index contributed by atoms with van der Waals surface area (Å²) < 4.78 is 5.44. The summed E-state index contributed by atoms with van der Waals surface area (Å²) in [6, 6.07) is 5.47. The van der Waals surface area contributed by atoms with E-state index in [9.17, 15) is 4.79 Å². The van der Waals surface area contributed by atoms with Crippen molar-refractivity contribution in [2.75, 3.05) is 6.54 Å². The van der Waals surface area contributed by atoms with Crippen LogP contribution in [0.5, 0.6) is 0 Å². The minimum atomic E-state index is -0.283. The van der Waals surface area contributed by atoms with E-state index in [2.05, 4.69) is 15.5 Å². The Morgan fingerprint density at radius 3 is 2.88 bits per heavy atom. The molecule has 1 aliphatic carbocycles. The van der Waals surface area contributed by atoms with Crippen molar-refractivity contribution in [3.05, 3.63) is 46.1 Å². The van der Waals surface area contributed by atoms with E-state index in [-0.39, 0.29) is 18.0 Å². The van der Waals surface area contributed by atoms with Crippen molar-refractivity contribution >= 4 is 17.6 Å². The predicted octanol–water partition coefficient (Wildman–Crippen LogP) is 4.07. The number of amides is 2. The van der Waals surface area contributed by atoms with Gasteiger partial charge in [-0.1, -0.05) is 36.7 Å². The number of halogens is 1. The number of fused-ring (bicyclic) bond motifs is 1. The van der Waals surface area contributed by atoms with E-state index in [1.54, 1.807) is 0 Å². The third kappa shape index (κ3) is 3.56. The molecule has 138 valence electrons. The standard InChI is InChI=1S/C19H23ClN4O2/c1-11(2)16(18-22-17(23-26-18)12-3-4-12)21-19(25)24-8-7-13-9-15(20)6-5-14(13)10-24/h5-6,9,11-12,16H,3-4,7-8,10H2,1-2H3,(H,21,25). The molecule has 0 spiro atoms. The number of benzene rings is 1. The first-order chi connectivity index (χ1) is 12.5. The fourth-order valence-electron chi connectivity index (χ4n) is 3.31. The lowest BCUT2D eigenvalue weighted by atomic mass is 10.00. The zero-order valence-corrected chi connectivity index (χ0v) is 15.8. The molecule has 26 heavy (non-hydrogen) atoms. The molecule has 1 saturated carbocycles. The summed E-state index contributed by atoms with van der Waals surface area (Å²) in [4.78, 5) is 19.2. The van der Waals surface area contributed by atoms with Crippen LogP contribution < -0.4 is 5.32 Å². The predicted molar refractivity (Wildman–Crippen MR) is 97.9 cm³/mol. The van der Waals surface area contributed by atoms with Gasteiger partial charge in [0.1, 0.15) is 6.04 Å². The van der Waals surface area contributed by atoms with Crippen molar-refractivity contribution in [3.8, 4) is 0 Å². The Bertz CT molecular complexity index is 816. The second kappa shape index (κ2) is 6.91. The molecule has 0 radical (unpaired) electrons. The van der Waals surface area contributed by atoms with Gasteiger partial charge in [0.2, 0.25) is 5.89 Å². The average molecular weight is 375 g/mol. The summed E-state index contributed by atoms with van der Waals surface area (Å²) in [6.07, 6.45) is 3.05. The molecular formula is C19H23ClN4O2. The fourth-order valence-corrected chi connectivity index (χ4v) is 3.51. The quantitative estimate of drug-likeness (QED) is 0.875. The van der Waals surface area contributed by atoms with Crippen molar-refractivity contribution in [2.45, 2.75) is 51.6 Å². The Labute approximate surface area is 157 Å². The molecule has 6 nitrogen and oxygen atoms in total. The first-order valence-electron chi connectivity index (χ1n) is 9.17. The highest BCUT2D eigenvalue weighted by Crippen LogP contribution is 2.38. The number of rotatable bonds is 4. The van der Waals surface area contributed by atoms with E-state index in [0.29, 0.717) is 24.9 Å². The average Bonchev–Trinajstić information content (AvgIpc) is 3.36. The van der Waals surface area contributed by atoms with Gasteiger partial charge >= 0.3 is 6.03 Å². The van der Waals surface area contributed by atoms with Crippen molar-refractivity contribution in [2.24, 2.45) is 5.92 Å². The normalized spacial score (nSPS) is 17.9. The summed E-state index contributed by atoms with van der Waals surface area (Å²) in [5.41, 5.74) is 2.36. The van der Waals surface area contributed by atoms with E-state index in [1.165, 1.54) is 5.56 Å². The summed E-state index contributed by atoms with van der Waals surface area (Å²) in [6.45, 7) is 5.33. The molecule has 2 aliphatic rings. The summed E-state index contributed by atoms with van der Waals surface area (Å²) in [7, 11) is 0. The number of carbonyl (C=O) groups excluding carboxylic acids is 1. The number of nitrogens with one attached hydrogen (secondary N) is 1. The Hall–Kier alpha value is -2.08. The SMILES string of the molecule is CC(C)C(NC(=O)N1CCc2cc(Cl)ccc2C1)c1nc(C2CC2)no1. The fraction of sp³-hybridized carbons (Fsp3) is 0.526. The third-order valence-electron chi connectivity index (χ3n) is 5.08. The molecule has 2 amide bonds. The van der Waals surface area contributed by atoms with Gasteiger partial charge in [0.25, 0.3) is 0 Å². The number of aromatic nitrogens is 2. The molecule has 2 heterocycles. The van der Waals surface area contributed by atoms with E-state index < -0.39 is 0 Å². The van der Waals surface area contributed by atoms with Gasteiger partial charge in [-0.25, -0.2) is 4.79 Å².